The number of rotatable bonds is 6. The summed E-state index contributed by atoms with van der Waals surface area (Å²) in [4.78, 5) is 15.0. The maximum atomic E-state index is 9.06. The summed E-state index contributed by atoms with van der Waals surface area (Å²) in [5.41, 5.74) is 8.56. The van der Waals surface area contributed by atoms with Crippen LogP contribution in [0.5, 0.6) is 0 Å². The molecule has 31 heavy (non-hydrogen) atoms. The van der Waals surface area contributed by atoms with Gasteiger partial charge in [-0.15, -0.1) is 0 Å². The molecular weight excluding hydrogens is 390 g/mol. The highest BCUT2D eigenvalue weighted by atomic mass is 16.5. The first-order chi connectivity index (χ1) is 15.2. The standard InChI is InChI=1S/C23H19N7O/c24-11-17-4-9-21(27-13-17)30(22-10-5-18(12-25)14-28-22)20-7-2-16(3-8-20)1-6-19-15-31-23(26)29-19/h2-5,7-10,13-14,19H,1,6,15H2,(H2,26,29). The maximum absolute atomic E-state index is 9.06. The Morgan fingerprint density at radius 2 is 1.55 bits per heavy atom. The predicted molar refractivity (Wildman–Crippen MR) is 116 cm³/mol. The predicted octanol–water partition coefficient (Wildman–Crippen LogP) is 3.34. The van der Waals surface area contributed by atoms with Gasteiger partial charge in [0.1, 0.15) is 30.4 Å². The molecular formula is C23H19N7O. The Labute approximate surface area is 179 Å². The lowest BCUT2D eigenvalue weighted by atomic mass is 10.1. The number of aromatic nitrogens is 2. The van der Waals surface area contributed by atoms with Crippen LogP contribution in [0.3, 0.4) is 0 Å². The number of nitriles is 2. The van der Waals surface area contributed by atoms with Crippen molar-refractivity contribution < 1.29 is 4.74 Å². The monoisotopic (exact) mass is 409 g/mol. The Bertz CT molecular complexity index is 1100. The molecule has 152 valence electrons. The van der Waals surface area contributed by atoms with Crippen LogP contribution in [0.15, 0.2) is 65.9 Å². The molecule has 0 aliphatic carbocycles. The Morgan fingerprint density at radius 3 is 2.00 bits per heavy atom. The third-order valence-corrected chi connectivity index (χ3v) is 4.91. The summed E-state index contributed by atoms with van der Waals surface area (Å²) in [6.07, 6.45) is 4.76. The minimum Gasteiger partial charge on any atom is -0.463 e. The normalized spacial score (nSPS) is 14.8. The Hall–Kier alpha value is -4.43. The summed E-state index contributed by atoms with van der Waals surface area (Å²) in [5, 5.41) is 18.1. The molecule has 0 radical (unpaired) electrons. The van der Waals surface area contributed by atoms with E-state index in [0.29, 0.717) is 29.4 Å². The number of hydrogen-bond donors (Lipinski definition) is 1. The highest BCUT2D eigenvalue weighted by molar-refractivity contribution is 5.73. The Kier molecular flexibility index (Phi) is 5.72. The summed E-state index contributed by atoms with van der Waals surface area (Å²) >= 11 is 0. The molecule has 0 saturated heterocycles. The van der Waals surface area contributed by atoms with E-state index in [1.165, 1.54) is 18.0 Å². The number of amidine groups is 1. The van der Waals surface area contributed by atoms with Gasteiger partial charge in [0.15, 0.2) is 0 Å². The van der Waals surface area contributed by atoms with Crippen LogP contribution >= 0.6 is 0 Å². The Morgan fingerprint density at radius 1 is 0.935 bits per heavy atom. The molecule has 3 heterocycles. The van der Waals surface area contributed by atoms with Gasteiger partial charge >= 0.3 is 0 Å². The van der Waals surface area contributed by atoms with E-state index in [9.17, 15) is 0 Å². The van der Waals surface area contributed by atoms with E-state index in [2.05, 4.69) is 39.2 Å². The minimum atomic E-state index is 0.0990. The number of anilines is 3. The summed E-state index contributed by atoms with van der Waals surface area (Å²) in [6.45, 7) is 0.534. The molecule has 1 aromatic carbocycles. The summed E-state index contributed by atoms with van der Waals surface area (Å²) in [5.74, 6) is 1.24. The molecule has 0 spiro atoms. The van der Waals surface area contributed by atoms with E-state index in [4.69, 9.17) is 21.0 Å². The van der Waals surface area contributed by atoms with E-state index in [-0.39, 0.29) is 12.1 Å². The zero-order valence-corrected chi connectivity index (χ0v) is 16.6. The van der Waals surface area contributed by atoms with E-state index in [0.717, 1.165) is 18.5 Å². The average molecular weight is 409 g/mol. The fourth-order valence-corrected chi connectivity index (χ4v) is 3.28. The summed E-state index contributed by atoms with van der Waals surface area (Å²) in [7, 11) is 0. The van der Waals surface area contributed by atoms with Crippen molar-refractivity contribution in [1.29, 1.82) is 10.5 Å². The minimum absolute atomic E-state index is 0.0990. The fourth-order valence-electron chi connectivity index (χ4n) is 3.28. The molecule has 8 heteroatoms. The first-order valence-electron chi connectivity index (χ1n) is 9.74. The molecule has 0 bridgehead atoms. The van der Waals surface area contributed by atoms with Gasteiger partial charge < -0.3 is 10.5 Å². The van der Waals surface area contributed by atoms with Gasteiger partial charge in [-0.3, -0.25) is 4.90 Å². The fraction of sp³-hybridized carbons (Fsp3) is 0.174. The van der Waals surface area contributed by atoms with Crippen molar-refractivity contribution in [2.45, 2.75) is 18.9 Å². The van der Waals surface area contributed by atoms with Crippen LogP contribution in [0.1, 0.15) is 23.1 Å². The highest BCUT2D eigenvalue weighted by Gasteiger charge is 2.17. The van der Waals surface area contributed by atoms with Crippen LogP contribution in [0.4, 0.5) is 17.3 Å². The molecule has 1 atom stereocenters. The van der Waals surface area contributed by atoms with Crippen molar-refractivity contribution in [3.05, 3.63) is 77.6 Å². The van der Waals surface area contributed by atoms with Gasteiger partial charge in [0.2, 0.25) is 0 Å². The van der Waals surface area contributed by atoms with E-state index in [1.54, 1.807) is 24.3 Å². The lowest BCUT2D eigenvalue weighted by Gasteiger charge is -2.23. The molecule has 3 aromatic rings. The largest absolute Gasteiger partial charge is 0.463 e. The van der Waals surface area contributed by atoms with Gasteiger partial charge in [0.05, 0.1) is 17.2 Å². The maximum Gasteiger partial charge on any atom is 0.282 e. The molecule has 2 N–H and O–H groups in total. The zero-order chi connectivity index (χ0) is 21.6. The van der Waals surface area contributed by atoms with Crippen molar-refractivity contribution in [3.63, 3.8) is 0 Å². The van der Waals surface area contributed by atoms with Crippen molar-refractivity contribution in [2.24, 2.45) is 10.7 Å². The van der Waals surface area contributed by atoms with Crippen molar-refractivity contribution >= 4 is 23.3 Å². The first kappa shape index (κ1) is 19.9. The van der Waals surface area contributed by atoms with Gasteiger partial charge in [-0.2, -0.15) is 10.5 Å². The van der Waals surface area contributed by atoms with Gasteiger partial charge in [-0.05, 0) is 54.8 Å². The van der Waals surface area contributed by atoms with E-state index in [1.807, 2.05) is 17.0 Å². The molecule has 0 saturated carbocycles. The van der Waals surface area contributed by atoms with E-state index >= 15 is 0 Å². The molecule has 1 unspecified atom stereocenters. The van der Waals surface area contributed by atoms with Gasteiger partial charge in [0, 0.05) is 18.1 Å². The molecule has 0 amide bonds. The Balaban J connectivity index is 1.59. The number of pyridine rings is 2. The second-order valence-corrected chi connectivity index (χ2v) is 7.01. The van der Waals surface area contributed by atoms with E-state index < -0.39 is 0 Å². The number of aryl methyl sites for hydroxylation is 1. The molecule has 2 aromatic heterocycles. The lowest BCUT2D eigenvalue weighted by molar-refractivity contribution is 0.308. The van der Waals surface area contributed by atoms with Crippen LogP contribution in [-0.4, -0.2) is 28.6 Å². The number of nitrogens with two attached hydrogens (primary N) is 1. The average Bonchev–Trinajstić information content (AvgIpc) is 3.24. The third kappa shape index (κ3) is 4.60. The number of benzene rings is 1. The zero-order valence-electron chi connectivity index (χ0n) is 16.6. The van der Waals surface area contributed by atoms with Crippen molar-refractivity contribution in [3.8, 4) is 12.1 Å². The number of hydrogen-bond acceptors (Lipinski definition) is 8. The SMILES string of the molecule is N#Cc1ccc(N(c2ccc(CCC3COC(N)=N3)cc2)c2ccc(C#N)cn2)nc1. The quantitative estimate of drug-likeness (QED) is 0.662. The first-order valence-corrected chi connectivity index (χ1v) is 9.74. The van der Waals surface area contributed by atoms with Gasteiger partial charge in [0.25, 0.3) is 6.02 Å². The smallest absolute Gasteiger partial charge is 0.282 e. The van der Waals surface area contributed by atoms with Gasteiger partial charge in [-0.25, -0.2) is 15.0 Å². The number of ether oxygens (including phenoxy) is 1. The lowest BCUT2D eigenvalue weighted by Crippen LogP contribution is -2.13. The van der Waals surface area contributed by atoms with Crippen LogP contribution < -0.4 is 10.6 Å². The summed E-state index contributed by atoms with van der Waals surface area (Å²) < 4.78 is 5.20. The van der Waals surface area contributed by atoms with Crippen LogP contribution in [0.2, 0.25) is 0 Å². The number of nitrogens with zero attached hydrogens (tertiary/aromatic N) is 6. The second kappa shape index (κ2) is 8.93. The second-order valence-electron chi connectivity index (χ2n) is 7.01. The third-order valence-electron chi connectivity index (χ3n) is 4.91. The van der Waals surface area contributed by atoms with Gasteiger partial charge in [-0.1, -0.05) is 12.1 Å². The molecule has 0 fully saturated rings. The molecule has 1 aliphatic rings. The molecule has 1 aliphatic heterocycles. The molecule has 4 rings (SSSR count). The summed E-state index contributed by atoms with van der Waals surface area (Å²) in [6, 6.07) is 19.6. The van der Waals surface area contributed by atoms with Crippen molar-refractivity contribution in [2.75, 3.05) is 11.5 Å². The van der Waals surface area contributed by atoms with Crippen LogP contribution in [-0.2, 0) is 11.2 Å². The number of aliphatic imine (C=N–C) groups is 1. The van der Waals surface area contributed by atoms with Crippen LogP contribution in [0.25, 0.3) is 0 Å². The van der Waals surface area contributed by atoms with Crippen LogP contribution in [0, 0.1) is 22.7 Å². The highest BCUT2D eigenvalue weighted by Crippen LogP contribution is 2.32. The topological polar surface area (TPSA) is 124 Å². The van der Waals surface area contributed by atoms with Crippen molar-refractivity contribution in [1.82, 2.24) is 9.97 Å². The molecule has 8 nitrogen and oxygen atoms in total.